The van der Waals surface area contributed by atoms with Gasteiger partial charge < -0.3 is 4.98 Å². The summed E-state index contributed by atoms with van der Waals surface area (Å²) in [6.45, 7) is 0. The molecule has 3 aromatic carbocycles. The lowest BCUT2D eigenvalue weighted by Gasteiger charge is -2.08. The number of halogens is 2. The summed E-state index contributed by atoms with van der Waals surface area (Å²) in [6.07, 6.45) is 1.09. The van der Waals surface area contributed by atoms with Crippen LogP contribution in [0.4, 0.5) is 8.78 Å². The zero-order chi connectivity index (χ0) is 25.1. The number of nitrogens with zero attached hydrogens (tertiary/aromatic N) is 1. The number of rotatable bonds is 6. The lowest BCUT2D eigenvalue weighted by Crippen LogP contribution is -2.41. The summed E-state index contributed by atoms with van der Waals surface area (Å²) >= 11 is 0. The number of pyridine rings is 1. The number of H-pyrrole nitrogens is 1. The van der Waals surface area contributed by atoms with Gasteiger partial charge in [-0.05, 0) is 73.0 Å². The Morgan fingerprint density at radius 3 is 2.47 bits per heavy atom. The molecule has 0 spiro atoms. The number of fused-ring (bicyclic) bond motifs is 2. The summed E-state index contributed by atoms with van der Waals surface area (Å²) < 4.78 is 27.1. The number of aryl methyl sites for hydroxylation is 1. The summed E-state index contributed by atoms with van der Waals surface area (Å²) in [5.41, 5.74) is 8.95. The van der Waals surface area contributed by atoms with E-state index in [9.17, 15) is 18.4 Å². The van der Waals surface area contributed by atoms with Crippen LogP contribution < -0.4 is 10.9 Å². The van der Waals surface area contributed by atoms with Gasteiger partial charge >= 0.3 is 0 Å². The van der Waals surface area contributed by atoms with Crippen LogP contribution in [0.5, 0.6) is 0 Å². The molecule has 0 bridgehead atoms. The molecule has 6 nitrogen and oxygen atoms in total. The summed E-state index contributed by atoms with van der Waals surface area (Å²) in [5.74, 6) is -1.71. The van der Waals surface area contributed by atoms with Crippen LogP contribution in [0.25, 0.3) is 33.2 Å². The largest absolute Gasteiger partial charge is 0.353 e. The minimum Gasteiger partial charge on any atom is -0.353 e. The van der Waals surface area contributed by atoms with Gasteiger partial charge in [-0.3, -0.25) is 20.4 Å². The van der Waals surface area contributed by atoms with Crippen molar-refractivity contribution in [2.75, 3.05) is 0 Å². The molecule has 0 aliphatic heterocycles. The number of amides is 2. The first-order valence-electron chi connectivity index (χ1n) is 11.5. The van der Waals surface area contributed by atoms with Crippen LogP contribution in [-0.2, 0) is 11.2 Å². The predicted molar refractivity (Wildman–Crippen MR) is 134 cm³/mol. The number of aromatic amines is 1. The van der Waals surface area contributed by atoms with Crippen LogP contribution in [0.15, 0.2) is 78.9 Å². The first-order valence-corrected chi connectivity index (χ1v) is 11.5. The summed E-state index contributed by atoms with van der Waals surface area (Å²) in [7, 11) is 0. The van der Waals surface area contributed by atoms with Gasteiger partial charge in [0.1, 0.15) is 11.6 Å². The minimum atomic E-state index is -0.542. The topological polar surface area (TPSA) is 86.9 Å². The Bertz CT molecular complexity index is 1580. The van der Waals surface area contributed by atoms with E-state index >= 15 is 0 Å². The highest BCUT2D eigenvalue weighted by Crippen LogP contribution is 2.32. The maximum absolute atomic E-state index is 14.1. The average molecular weight is 485 g/mol. The molecule has 8 heteroatoms. The fourth-order valence-corrected chi connectivity index (χ4v) is 4.19. The molecule has 2 heterocycles. The zero-order valence-corrected chi connectivity index (χ0v) is 19.1. The molecule has 0 atom stereocenters. The molecule has 2 aromatic heterocycles. The number of carbonyl (C=O) groups is 2. The molecule has 0 saturated heterocycles. The third-order valence-corrected chi connectivity index (χ3v) is 5.98. The van der Waals surface area contributed by atoms with Crippen LogP contribution in [0, 0.1) is 11.6 Å². The summed E-state index contributed by atoms with van der Waals surface area (Å²) in [6, 6.07) is 21.3. The Morgan fingerprint density at radius 2 is 1.64 bits per heavy atom. The lowest BCUT2D eigenvalue weighted by molar-refractivity contribution is -0.121. The average Bonchev–Trinajstić information content (AvgIpc) is 3.25. The monoisotopic (exact) mass is 484 g/mol. The number of para-hydroxylation sites is 1. The Balaban J connectivity index is 1.30. The molecule has 0 saturated carbocycles. The molecule has 36 heavy (non-hydrogen) atoms. The number of hydrogen-bond donors (Lipinski definition) is 3. The van der Waals surface area contributed by atoms with Gasteiger partial charge in [-0.25, -0.2) is 13.8 Å². The molecule has 180 valence electrons. The van der Waals surface area contributed by atoms with Crippen LogP contribution in [0.2, 0.25) is 0 Å². The van der Waals surface area contributed by atoms with Gasteiger partial charge in [0, 0.05) is 28.3 Å². The van der Waals surface area contributed by atoms with Crippen LogP contribution in [0.3, 0.4) is 0 Å². The smallest absolute Gasteiger partial charge is 0.269 e. The Hall–Kier alpha value is -4.59. The number of nitrogens with one attached hydrogen (secondary N) is 3. The summed E-state index contributed by atoms with van der Waals surface area (Å²) in [4.78, 5) is 32.5. The molecule has 5 aromatic rings. The van der Waals surface area contributed by atoms with Gasteiger partial charge in [-0.2, -0.15) is 0 Å². The first-order chi connectivity index (χ1) is 17.5. The fourth-order valence-electron chi connectivity index (χ4n) is 4.19. The highest BCUT2D eigenvalue weighted by Gasteiger charge is 2.16. The van der Waals surface area contributed by atoms with E-state index in [4.69, 9.17) is 4.98 Å². The van der Waals surface area contributed by atoms with E-state index < -0.39 is 11.7 Å². The predicted octanol–water partition coefficient (Wildman–Crippen LogP) is 5.45. The van der Waals surface area contributed by atoms with Gasteiger partial charge in [0.15, 0.2) is 0 Å². The van der Waals surface area contributed by atoms with E-state index in [-0.39, 0.29) is 23.7 Å². The maximum atomic E-state index is 14.1. The third kappa shape index (κ3) is 4.93. The highest BCUT2D eigenvalue weighted by atomic mass is 19.1. The highest BCUT2D eigenvalue weighted by molar-refractivity contribution is 5.95. The number of hydrogen-bond acceptors (Lipinski definition) is 3. The van der Waals surface area contributed by atoms with Crippen LogP contribution in [0.1, 0.15) is 28.8 Å². The van der Waals surface area contributed by atoms with Gasteiger partial charge in [0.05, 0.1) is 16.9 Å². The SMILES string of the molecule is O=C(CCCc1c(-c2ccc3ccccc3n2)[nH]c2ccc(F)cc12)NNC(=O)c1ccc(F)cc1. The van der Waals surface area contributed by atoms with Crippen molar-refractivity contribution in [3.8, 4) is 11.4 Å². The first kappa shape index (κ1) is 23.2. The van der Waals surface area contributed by atoms with E-state index in [0.717, 1.165) is 38.8 Å². The molecule has 0 aliphatic carbocycles. The second kappa shape index (κ2) is 9.95. The van der Waals surface area contributed by atoms with Crippen molar-refractivity contribution in [2.24, 2.45) is 0 Å². The normalized spacial score (nSPS) is 11.1. The Kier molecular flexibility index (Phi) is 6.40. The number of benzene rings is 3. The van der Waals surface area contributed by atoms with Crippen molar-refractivity contribution >= 4 is 33.6 Å². The zero-order valence-electron chi connectivity index (χ0n) is 19.1. The van der Waals surface area contributed by atoms with Crippen molar-refractivity contribution < 1.29 is 18.4 Å². The Labute approximate surface area is 205 Å². The van der Waals surface area contributed by atoms with E-state index in [0.29, 0.717) is 12.8 Å². The van der Waals surface area contributed by atoms with Crippen molar-refractivity contribution in [3.63, 3.8) is 0 Å². The van der Waals surface area contributed by atoms with E-state index in [2.05, 4.69) is 15.8 Å². The lowest BCUT2D eigenvalue weighted by atomic mass is 10.0. The molecule has 0 radical (unpaired) electrons. The molecule has 2 amide bonds. The van der Waals surface area contributed by atoms with Crippen molar-refractivity contribution in [1.82, 2.24) is 20.8 Å². The van der Waals surface area contributed by atoms with Crippen molar-refractivity contribution in [3.05, 3.63) is 102 Å². The maximum Gasteiger partial charge on any atom is 0.269 e. The molecular formula is C28H22F2N4O2. The quantitative estimate of drug-likeness (QED) is 0.280. The second-order valence-electron chi connectivity index (χ2n) is 8.42. The molecule has 3 N–H and O–H groups in total. The standard InChI is InChI=1S/C28H22F2N4O2/c29-19-11-8-18(9-12-19)28(36)34-33-26(35)7-3-5-21-22-16-20(30)13-15-24(22)32-27(21)25-14-10-17-4-1-2-6-23(17)31-25/h1-2,4,6,8-16,32H,3,5,7H2,(H,33,35)(H,34,36). The van der Waals surface area contributed by atoms with Crippen LogP contribution in [-0.4, -0.2) is 21.8 Å². The van der Waals surface area contributed by atoms with Gasteiger partial charge in [-0.15, -0.1) is 0 Å². The van der Waals surface area contributed by atoms with Gasteiger partial charge in [0.2, 0.25) is 5.91 Å². The molecule has 5 rings (SSSR count). The minimum absolute atomic E-state index is 0.135. The second-order valence-corrected chi connectivity index (χ2v) is 8.42. The number of aromatic nitrogens is 2. The van der Waals surface area contributed by atoms with Gasteiger partial charge in [0.25, 0.3) is 5.91 Å². The molecule has 0 aliphatic rings. The van der Waals surface area contributed by atoms with Gasteiger partial charge in [-0.1, -0.05) is 24.3 Å². The number of carbonyl (C=O) groups excluding carboxylic acids is 2. The molecular weight excluding hydrogens is 462 g/mol. The van der Waals surface area contributed by atoms with E-state index in [1.165, 1.54) is 36.4 Å². The van der Waals surface area contributed by atoms with Crippen molar-refractivity contribution in [2.45, 2.75) is 19.3 Å². The van der Waals surface area contributed by atoms with Crippen LogP contribution >= 0.6 is 0 Å². The molecule has 0 fully saturated rings. The molecule has 0 unspecified atom stereocenters. The van der Waals surface area contributed by atoms with E-state index in [1.54, 1.807) is 6.07 Å². The third-order valence-electron chi connectivity index (χ3n) is 5.98. The summed E-state index contributed by atoms with van der Waals surface area (Å²) in [5, 5.41) is 1.76. The fraction of sp³-hybridized carbons (Fsp3) is 0.107. The van der Waals surface area contributed by atoms with E-state index in [1.807, 2.05) is 36.4 Å². The number of hydrazine groups is 1. The van der Waals surface area contributed by atoms with Crippen molar-refractivity contribution in [1.29, 1.82) is 0 Å². The Morgan fingerprint density at radius 1 is 0.861 bits per heavy atom.